The fraction of sp³-hybridized carbons (Fsp3) is 0.429. The SMILES string of the molecule is CC(C)C(NC(N)=O)C(=O)NCc1ccccc1OC(F)(F)F. The number of hydrogen-bond donors (Lipinski definition) is 3. The Hall–Kier alpha value is -2.45. The molecule has 6 nitrogen and oxygen atoms in total. The number of amides is 3. The highest BCUT2D eigenvalue weighted by Gasteiger charge is 2.32. The Kier molecular flexibility index (Phi) is 6.23. The predicted molar refractivity (Wildman–Crippen MR) is 76.3 cm³/mol. The maximum atomic E-state index is 12.3. The molecule has 0 aliphatic heterocycles. The molecule has 1 aromatic rings. The van der Waals surface area contributed by atoms with Gasteiger partial charge in [0.05, 0.1) is 0 Å². The van der Waals surface area contributed by atoms with E-state index in [1.807, 2.05) is 0 Å². The van der Waals surface area contributed by atoms with E-state index in [0.717, 1.165) is 6.07 Å². The van der Waals surface area contributed by atoms with Gasteiger partial charge in [0.25, 0.3) is 0 Å². The summed E-state index contributed by atoms with van der Waals surface area (Å²) in [5.41, 5.74) is 5.15. The second kappa shape index (κ2) is 7.70. The number of rotatable bonds is 6. The van der Waals surface area contributed by atoms with E-state index < -0.39 is 30.1 Å². The van der Waals surface area contributed by atoms with Gasteiger partial charge < -0.3 is 21.1 Å². The minimum Gasteiger partial charge on any atom is -0.405 e. The molecule has 9 heteroatoms. The van der Waals surface area contributed by atoms with Crippen LogP contribution in [-0.2, 0) is 11.3 Å². The van der Waals surface area contributed by atoms with Crippen LogP contribution < -0.4 is 21.1 Å². The van der Waals surface area contributed by atoms with E-state index in [2.05, 4.69) is 15.4 Å². The average Bonchev–Trinajstić information content (AvgIpc) is 2.41. The zero-order valence-electron chi connectivity index (χ0n) is 12.6. The van der Waals surface area contributed by atoms with Gasteiger partial charge >= 0.3 is 12.4 Å². The molecule has 3 amide bonds. The molecule has 0 radical (unpaired) electrons. The molecule has 0 spiro atoms. The number of carbonyl (C=O) groups is 2. The molecule has 0 aliphatic carbocycles. The molecule has 0 bridgehead atoms. The number of para-hydroxylation sites is 1. The fourth-order valence-corrected chi connectivity index (χ4v) is 1.85. The number of carbonyl (C=O) groups excluding carboxylic acids is 2. The summed E-state index contributed by atoms with van der Waals surface area (Å²) >= 11 is 0. The third-order valence-corrected chi connectivity index (χ3v) is 2.90. The first kappa shape index (κ1) is 18.6. The largest absolute Gasteiger partial charge is 0.573 e. The summed E-state index contributed by atoms with van der Waals surface area (Å²) in [6.45, 7) is 3.20. The molecule has 23 heavy (non-hydrogen) atoms. The van der Waals surface area contributed by atoms with Gasteiger partial charge in [-0.1, -0.05) is 32.0 Å². The lowest BCUT2D eigenvalue weighted by Gasteiger charge is -2.21. The first-order valence-electron chi connectivity index (χ1n) is 6.77. The first-order valence-corrected chi connectivity index (χ1v) is 6.77. The van der Waals surface area contributed by atoms with Crippen LogP contribution in [0.25, 0.3) is 0 Å². The van der Waals surface area contributed by atoms with Crippen molar-refractivity contribution < 1.29 is 27.5 Å². The van der Waals surface area contributed by atoms with E-state index in [1.165, 1.54) is 18.2 Å². The maximum absolute atomic E-state index is 12.3. The smallest absolute Gasteiger partial charge is 0.405 e. The van der Waals surface area contributed by atoms with Gasteiger partial charge in [0, 0.05) is 12.1 Å². The van der Waals surface area contributed by atoms with Gasteiger partial charge in [0.2, 0.25) is 5.91 Å². The number of primary amides is 1. The Balaban J connectivity index is 2.77. The van der Waals surface area contributed by atoms with Gasteiger partial charge in [0.1, 0.15) is 11.8 Å². The van der Waals surface area contributed by atoms with Crippen LogP contribution in [0.2, 0.25) is 0 Å². The van der Waals surface area contributed by atoms with Crippen molar-refractivity contribution in [2.75, 3.05) is 0 Å². The van der Waals surface area contributed by atoms with Crippen molar-refractivity contribution >= 4 is 11.9 Å². The maximum Gasteiger partial charge on any atom is 0.573 e. The summed E-state index contributed by atoms with van der Waals surface area (Å²) in [7, 11) is 0. The van der Waals surface area contributed by atoms with Gasteiger partial charge in [-0.15, -0.1) is 13.2 Å². The van der Waals surface area contributed by atoms with Crippen molar-refractivity contribution in [2.24, 2.45) is 11.7 Å². The van der Waals surface area contributed by atoms with Crippen molar-refractivity contribution in [2.45, 2.75) is 32.8 Å². The zero-order chi connectivity index (χ0) is 17.6. The van der Waals surface area contributed by atoms with Crippen molar-refractivity contribution in [1.82, 2.24) is 10.6 Å². The van der Waals surface area contributed by atoms with Crippen LogP contribution in [0.15, 0.2) is 24.3 Å². The number of nitrogens with one attached hydrogen (secondary N) is 2. The second-order valence-corrected chi connectivity index (χ2v) is 5.10. The molecule has 128 valence electrons. The van der Waals surface area contributed by atoms with E-state index in [-0.39, 0.29) is 18.0 Å². The van der Waals surface area contributed by atoms with E-state index in [0.29, 0.717) is 0 Å². The Morgan fingerprint density at radius 1 is 1.26 bits per heavy atom. The van der Waals surface area contributed by atoms with Crippen LogP contribution >= 0.6 is 0 Å². The number of urea groups is 1. The molecule has 1 atom stereocenters. The molecule has 0 fully saturated rings. The normalized spacial score (nSPS) is 12.6. The summed E-state index contributed by atoms with van der Waals surface area (Å²) in [6, 6.07) is 3.71. The Bertz CT molecular complexity index is 562. The monoisotopic (exact) mass is 333 g/mol. The lowest BCUT2D eigenvalue weighted by molar-refractivity contribution is -0.274. The summed E-state index contributed by atoms with van der Waals surface area (Å²) in [5, 5.41) is 4.74. The van der Waals surface area contributed by atoms with Gasteiger partial charge in [-0.25, -0.2) is 4.79 Å². The zero-order valence-corrected chi connectivity index (χ0v) is 12.6. The van der Waals surface area contributed by atoms with E-state index in [9.17, 15) is 22.8 Å². The van der Waals surface area contributed by atoms with Gasteiger partial charge in [-0.2, -0.15) is 0 Å². The van der Waals surface area contributed by atoms with E-state index in [4.69, 9.17) is 5.73 Å². The van der Waals surface area contributed by atoms with Crippen molar-refractivity contribution in [3.05, 3.63) is 29.8 Å². The molecule has 0 saturated carbocycles. The molecule has 0 saturated heterocycles. The number of halogens is 3. The highest BCUT2D eigenvalue weighted by Crippen LogP contribution is 2.26. The van der Waals surface area contributed by atoms with Crippen LogP contribution in [0.1, 0.15) is 19.4 Å². The Labute approximate surface area is 131 Å². The number of hydrogen-bond acceptors (Lipinski definition) is 3. The van der Waals surface area contributed by atoms with Crippen LogP contribution in [0.4, 0.5) is 18.0 Å². The molecule has 1 rings (SSSR count). The Morgan fingerprint density at radius 3 is 2.39 bits per heavy atom. The van der Waals surface area contributed by atoms with E-state index in [1.54, 1.807) is 13.8 Å². The third kappa shape index (κ3) is 6.45. The van der Waals surface area contributed by atoms with Gasteiger partial charge in [-0.05, 0) is 12.0 Å². The third-order valence-electron chi connectivity index (χ3n) is 2.90. The molecule has 0 aromatic heterocycles. The standard InChI is InChI=1S/C14H18F3N3O3/c1-8(2)11(20-13(18)22)12(21)19-7-9-5-3-4-6-10(9)23-14(15,16)17/h3-6,8,11H,7H2,1-2H3,(H,19,21)(H3,18,20,22). The lowest BCUT2D eigenvalue weighted by atomic mass is 10.0. The molecule has 4 N–H and O–H groups in total. The van der Waals surface area contributed by atoms with Crippen LogP contribution in [-0.4, -0.2) is 24.3 Å². The second-order valence-electron chi connectivity index (χ2n) is 5.10. The molecule has 0 aliphatic rings. The molecular weight excluding hydrogens is 315 g/mol. The first-order chi connectivity index (χ1) is 10.6. The topological polar surface area (TPSA) is 93.5 Å². The number of benzene rings is 1. The van der Waals surface area contributed by atoms with E-state index >= 15 is 0 Å². The van der Waals surface area contributed by atoms with Gasteiger partial charge in [0.15, 0.2) is 0 Å². The van der Waals surface area contributed by atoms with Crippen LogP contribution in [0.5, 0.6) is 5.75 Å². The number of ether oxygens (including phenoxy) is 1. The summed E-state index contributed by atoms with van der Waals surface area (Å²) < 4.78 is 40.9. The highest BCUT2D eigenvalue weighted by atomic mass is 19.4. The average molecular weight is 333 g/mol. The van der Waals surface area contributed by atoms with Crippen LogP contribution in [0, 0.1) is 5.92 Å². The summed E-state index contributed by atoms with van der Waals surface area (Å²) in [6.07, 6.45) is -4.83. The van der Waals surface area contributed by atoms with Crippen molar-refractivity contribution in [3.8, 4) is 5.75 Å². The van der Waals surface area contributed by atoms with Gasteiger partial charge in [-0.3, -0.25) is 4.79 Å². The highest BCUT2D eigenvalue weighted by molar-refractivity contribution is 5.86. The molecule has 1 aromatic carbocycles. The van der Waals surface area contributed by atoms with Crippen molar-refractivity contribution in [3.63, 3.8) is 0 Å². The number of nitrogens with two attached hydrogens (primary N) is 1. The number of alkyl halides is 3. The van der Waals surface area contributed by atoms with Crippen molar-refractivity contribution in [1.29, 1.82) is 0 Å². The molecule has 1 unspecified atom stereocenters. The molecular formula is C14H18F3N3O3. The summed E-state index contributed by atoms with van der Waals surface area (Å²) in [5.74, 6) is -1.20. The van der Waals surface area contributed by atoms with Crippen LogP contribution in [0.3, 0.4) is 0 Å². The fourth-order valence-electron chi connectivity index (χ4n) is 1.85. The lowest BCUT2D eigenvalue weighted by Crippen LogP contribution is -2.51. The predicted octanol–water partition coefficient (Wildman–Crippen LogP) is 1.89. The Morgan fingerprint density at radius 2 is 1.87 bits per heavy atom. The minimum atomic E-state index is -4.83. The quantitative estimate of drug-likeness (QED) is 0.742. The summed E-state index contributed by atoms with van der Waals surface area (Å²) in [4.78, 5) is 22.9. The molecule has 0 heterocycles. The minimum absolute atomic E-state index is 0.153.